The summed E-state index contributed by atoms with van der Waals surface area (Å²) in [5, 5.41) is 10.9. The number of nitrogens with zero attached hydrogens (tertiary/aromatic N) is 2. The minimum Gasteiger partial charge on any atom is -0.330 e. The van der Waals surface area contributed by atoms with Gasteiger partial charge in [-0.25, -0.2) is 12.8 Å². The minimum atomic E-state index is -3.30. The molecule has 0 spiro atoms. The second-order valence-corrected chi connectivity index (χ2v) is 9.13. The molecule has 0 aromatic heterocycles. The predicted molar refractivity (Wildman–Crippen MR) is 101 cm³/mol. The summed E-state index contributed by atoms with van der Waals surface area (Å²) in [7, 11) is -3.30. The molecule has 1 amide bonds. The van der Waals surface area contributed by atoms with Gasteiger partial charge in [-0.3, -0.25) is 14.9 Å². The van der Waals surface area contributed by atoms with Gasteiger partial charge in [-0.15, -0.1) is 0 Å². The average Bonchev–Trinajstić information content (AvgIpc) is 3.00. The van der Waals surface area contributed by atoms with E-state index < -0.39 is 32.5 Å². The molecule has 2 aromatic rings. The Bertz CT molecular complexity index is 1010. The van der Waals surface area contributed by atoms with Gasteiger partial charge in [-0.1, -0.05) is 17.7 Å². The summed E-state index contributed by atoms with van der Waals surface area (Å²) < 4.78 is 38.0. The number of sulfone groups is 1. The Morgan fingerprint density at radius 3 is 2.46 bits per heavy atom. The van der Waals surface area contributed by atoms with Gasteiger partial charge in [0.05, 0.1) is 23.0 Å². The van der Waals surface area contributed by atoms with Gasteiger partial charge in [0, 0.05) is 34.3 Å². The lowest BCUT2D eigenvalue weighted by atomic mass is 10.1. The molecule has 0 radical (unpaired) electrons. The van der Waals surface area contributed by atoms with Crippen LogP contribution in [0.25, 0.3) is 0 Å². The third-order valence-corrected chi connectivity index (χ3v) is 6.73. The predicted octanol–water partition coefficient (Wildman–Crippen LogP) is 3.22. The topological polar surface area (TPSA) is 97.6 Å². The highest BCUT2D eigenvalue weighted by Crippen LogP contribution is 2.27. The molecule has 28 heavy (non-hydrogen) atoms. The van der Waals surface area contributed by atoms with Crippen LogP contribution in [0, 0.1) is 15.9 Å². The smallest absolute Gasteiger partial charge is 0.269 e. The molecular formula is C18H16ClFN2O5S. The maximum atomic E-state index is 14.2. The monoisotopic (exact) mass is 426 g/mol. The van der Waals surface area contributed by atoms with Crippen molar-refractivity contribution in [2.75, 3.05) is 11.5 Å². The van der Waals surface area contributed by atoms with E-state index in [0.717, 1.165) is 0 Å². The minimum absolute atomic E-state index is 0.0628. The highest BCUT2D eigenvalue weighted by molar-refractivity contribution is 7.91. The van der Waals surface area contributed by atoms with E-state index in [-0.39, 0.29) is 46.3 Å². The van der Waals surface area contributed by atoms with E-state index in [1.165, 1.54) is 47.4 Å². The fraction of sp³-hybridized carbons (Fsp3) is 0.278. The number of non-ortho nitro benzene ring substituents is 1. The van der Waals surface area contributed by atoms with Crippen LogP contribution in [0.5, 0.6) is 0 Å². The Hall–Kier alpha value is -2.52. The lowest BCUT2D eigenvalue weighted by Gasteiger charge is -2.29. The fourth-order valence-corrected chi connectivity index (χ4v) is 5.09. The van der Waals surface area contributed by atoms with Crippen molar-refractivity contribution >= 4 is 33.0 Å². The van der Waals surface area contributed by atoms with Gasteiger partial charge < -0.3 is 4.90 Å². The standard InChI is InChI=1S/C18H16ClFN2O5S/c19-16-2-1-3-17(20)15(16)10-21(14-8-9-28(26,27)11-14)18(23)12-4-6-13(7-5-12)22(24)25/h1-7,14H,8-11H2/t14-/m0/s1. The van der Waals surface area contributed by atoms with Crippen LogP contribution in [0.4, 0.5) is 10.1 Å². The van der Waals surface area contributed by atoms with Gasteiger partial charge in [0.2, 0.25) is 0 Å². The molecule has 1 fully saturated rings. The molecule has 1 saturated heterocycles. The van der Waals surface area contributed by atoms with Crippen LogP contribution in [0.2, 0.25) is 5.02 Å². The number of halogens is 2. The van der Waals surface area contributed by atoms with Gasteiger partial charge in [-0.05, 0) is 30.7 Å². The SMILES string of the molecule is O=C(c1ccc([N+](=O)[O-])cc1)N(Cc1c(F)cccc1Cl)[C@H]1CCS(=O)(=O)C1. The Morgan fingerprint density at radius 2 is 1.93 bits per heavy atom. The zero-order chi connectivity index (χ0) is 20.5. The second kappa shape index (κ2) is 7.84. The third kappa shape index (κ3) is 4.31. The Balaban J connectivity index is 1.96. The van der Waals surface area contributed by atoms with Crippen molar-refractivity contribution < 1.29 is 22.5 Å². The quantitative estimate of drug-likeness (QED) is 0.540. The summed E-state index contributed by atoms with van der Waals surface area (Å²) >= 11 is 6.07. The first-order valence-corrected chi connectivity index (χ1v) is 10.6. The highest BCUT2D eigenvalue weighted by Gasteiger charge is 2.35. The van der Waals surface area contributed by atoms with E-state index in [9.17, 15) is 27.7 Å². The first kappa shape index (κ1) is 20.2. The number of benzene rings is 2. The number of carbonyl (C=O) groups excluding carboxylic acids is 1. The number of hydrogen-bond acceptors (Lipinski definition) is 5. The molecule has 1 atom stereocenters. The van der Waals surface area contributed by atoms with Crippen molar-refractivity contribution in [3.63, 3.8) is 0 Å². The largest absolute Gasteiger partial charge is 0.330 e. The highest BCUT2D eigenvalue weighted by atomic mass is 35.5. The van der Waals surface area contributed by atoms with Gasteiger partial charge >= 0.3 is 0 Å². The molecule has 0 unspecified atom stereocenters. The first-order chi connectivity index (χ1) is 13.2. The molecule has 0 N–H and O–H groups in total. The van der Waals surface area contributed by atoms with Crippen LogP contribution in [0.1, 0.15) is 22.3 Å². The number of rotatable bonds is 5. The summed E-state index contributed by atoms with van der Waals surface area (Å²) in [5.41, 5.74) is 0.0507. The van der Waals surface area contributed by atoms with Crippen LogP contribution in [0.3, 0.4) is 0 Å². The van der Waals surface area contributed by atoms with Crippen molar-refractivity contribution in [3.8, 4) is 0 Å². The van der Waals surface area contributed by atoms with Gasteiger partial charge in [0.1, 0.15) is 5.82 Å². The van der Waals surface area contributed by atoms with E-state index >= 15 is 0 Å². The summed E-state index contributed by atoms with van der Waals surface area (Å²) in [6.45, 7) is -0.207. The van der Waals surface area contributed by atoms with Crippen LogP contribution >= 0.6 is 11.6 Å². The molecule has 1 aliphatic rings. The van der Waals surface area contributed by atoms with Crippen molar-refractivity contribution in [1.82, 2.24) is 4.90 Å². The maximum Gasteiger partial charge on any atom is 0.269 e. The normalized spacial score (nSPS) is 18.0. The Morgan fingerprint density at radius 1 is 1.25 bits per heavy atom. The summed E-state index contributed by atoms with van der Waals surface area (Å²) in [4.78, 5) is 24.5. The van der Waals surface area contributed by atoms with Gasteiger partial charge in [0.25, 0.3) is 11.6 Å². The zero-order valence-electron chi connectivity index (χ0n) is 14.5. The van der Waals surface area contributed by atoms with Gasteiger partial charge in [0.15, 0.2) is 9.84 Å². The molecule has 1 heterocycles. The van der Waals surface area contributed by atoms with Crippen molar-refractivity contribution in [2.45, 2.75) is 19.0 Å². The molecule has 2 aromatic carbocycles. The molecule has 148 valence electrons. The molecule has 0 aliphatic carbocycles. The number of hydrogen-bond donors (Lipinski definition) is 0. The molecule has 1 aliphatic heterocycles. The van der Waals surface area contributed by atoms with Crippen molar-refractivity contribution in [3.05, 3.63) is 74.5 Å². The summed E-state index contributed by atoms with van der Waals surface area (Å²) in [6, 6.07) is 8.45. The van der Waals surface area contributed by atoms with Crippen molar-refractivity contribution in [1.29, 1.82) is 0 Å². The number of nitro benzene ring substituents is 1. The first-order valence-electron chi connectivity index (χ1n) is 8.36. The zero-order valence-corrected chi connectivity index (χ0v) is 16.1. The van der Waals surface area contributed by atoms with E-state index in [2.05, 4.69) is 0 Å². The van der Waals surface area contributed by atoms with Gasteiger partial charge in [-0.2, -0.15) is 0 Å². The molecular weight excluding hydrogens is 411 g/mol. The number of nitro groups is 1. The van der Waals surface area contributed by atoms with E-state index in [1.807, 2.05) is 0 Å². The fourth-order valence-electron chi connectivity index (χ4n) is 3.13. The average molecular weight is 427 g/mol. The van der Waals surface area contributed by atoms with E-state index in [4.69, 9.17) is 11.6 Å². The van der Waals surface area contributed by atoms with Crippen LogP contribution < -0.4 is 0 Å². The Labute approximate surface area is 165 Å². The molecule has 0 saturated carbocycles. The summed E-state index contributed by atoms with van der Waals surface area (Å²) in [5.74, 6) is -1.43. The second-order valence-electron chi connectivity index (χ2n) is 6.49. The van der Waals surface area contributed by atoms with E-state index in [1.54, 1.807) is 0 Å². The molecule has 10 heteroatoms. The molecule has 3 rings (SSSR count). The number of carbonyl (C=O) groups is 1. The number of amides is 1. The van der Waals surface area contributed by atoms with Crippen LogP contribution in [-0.4, -0.2) is 41.7 Å². The van der Waals surface area contributed by atoms with Crippen molar-refractivity contribution in [2.24, 2.45) is 0 Å². The Kier molecular flexibility index (Phi) is 5.66. The third-order valence-electron chi connectivity index (χ3n) is 4.63. The van der Waals surface area contributed by atoms with E-state index in [0.29, 0.717) is 0 Å². The maximum absolute atomic E-state index is 14.2. The molecule has 0 bridgehead atoms. The summed E-state index contributed by atoms with van der Waals surface area (Å²) in [6.07, 6.45) is 0.229. The van der Waals surface area contributed by atoms with Crippen LogP contribution in [-0.2, 0) is 16.4 Å². The van der Waals surface area contributed by atoms with Crippen LogP contribution in [0.15, 0.2) is 42.5 Å². The lowest BCUT2D eigenvalue weighted by molar-refractivity contribution is -0.384. The lowest BCUT2D eigenvalue weighted by Crippen LogP contribution is -2.41. The molecule has 7 nitrogen and oxygen atoms in total.